The predicted molar refractivity (Wildman–Crippen MR) is 147 cm³/mol. The van der Waals surface area contributed by atoms with Crippen molar-refractivity contribution in [1.29, 1.82) is 0 Å². The van der Waals surface area contributed by atoms with Gasteiger partial charge in [-0.25, -0.2) is 9.59 Å². The van der Waals surface area contributed by atoms with Gasteiger partial charge in [-0.15, -0.1) is 0 Å². The fourth-order valence-corrected chi connectivity index (χ4v) is 3.05. The molecule has 0 radical (unpaired) electrons. The lowest BCUT2D eigenvalue weighted by atomic mass is 9.92. The summed E-state index contributed by atoms with van der Waals surface area (Å²) in [5, 5.41) is 0. The summed E-state index contributed by atoms with van der Waals surface area (Å²) in [6.45, 7) is 16.1. The molecule has 11 nitrogen and oxygen atoms in total. The molecule has 0 aromatic heterocycles. The smallest absolute Gasteiger partial charge is 0.459 e. The molecule has 40 heavy (non-hydrogen) atoms. The van der Waals surface area contributed by atoms with Crippen molar-refractivity contribution in [3.8, 4) is 11.5 Å². The SMILES string of the molecule is CCC(C)OC(=O)Oc1ccc(C[C@H](N)C(=O)O[C@@H](C)[C@H](C)OC(=O)CC(C)(C)C)cc1OC(=O)OC(C)CC. The highest BCUT2D eigenvalue weighted by Crippen LogP contribution is 2.30. The van der Waals surface area contributed by atoms with Crippen molar-refractivity contribution in [3.05, 3.63) is 23.8 Å². The van der Waals surface area contributed by atoms with Gasteiger partial charge >= 0.3 is 24.2 Å². The van der Waals surface area contributed by atoms with Crippen molar-refractivity contribution < 1.29 is 47.6 Å². The molecule has 0 amide bonds. The largest absolute Gasteiger partial charge is 0.514 e. The Morgan fingerprint density at radius 3 is 1.77 bits per heavy atom. The second-order valence-electron chi connectivity index (χ2n) is 11.0. The Labute approximate surface area is 236 Å². The highest BCUT2D eigenvalue weighted by Gasteiger charge is 2.26. The first kappa shape index (κ1) is 34.7. The van der Waals surface area contributed by atoms with Crippen LogP contribution in [0.5, 0.6) is 11.5 Å². The molecule has 1 rings (SSSR count). The summed E-state index contributed by atoms with van der Waals surface area (Å²) in [6.07, 6.45) is -2.73. The van der Waals surface area contributed by atoms with Crippen LogP contribution in [-0.4, -0.2) is 54.7 Å². The molecule has 0 saturated carbocycles. The van der Waals surface area contributed by atoms with Crippen LogP contribution >= 0.6 is 0 Å². The summed E-state index contributed by atoms with van der Waals surface area (Å²) < 4.78 is 31.6. The molecule has 11 heteroatoms. The van der Waals surface area contributed by atoms with E-state index in [-0.39, 0.29) is 41.8 Å². The van der Waals surface area contributed by atoms with E-state index >= 15 is 0 Å². The zero-order chi connectivity index (χ0) is 30.6. The molecule has 1 aromatic rings. The predicted octanol–water partition coefficient (Wildman–Crippen LogP) is 5.48. The van der Waals surface area contributed by atoms with Crippen LogP contribution in [0.3, 0.4) is 0 Å². The quantitative estimate of drug-likeness (QED) is 0.183. The van der Waals surface area contributed by atoms with E-state index in [9.17, 15) is 19.2 Å². The molecule has 0 heterocycles. The molecular weight excluding hydrogens is 522 g/mol. The zero-order valence-electron chi connectivity index (χ0n) is 25.1. The van der Waals surface area contributed by atoms with Crippen LogP contribution in [0.2, 0.25) is 0 Å². The van der Waals surface area contributed by atoms with Gasteiger partial charge in [0.15, 0.2) is 11.5 Å². The number of ether oxygens (including phenoxy) is 6. The highest BCUT2D eigenvalue weighted by atomic mass is 16.7. The van der Waals surface area contributed by atoms with E-state index in [0.29, 0.717) is 18.4 Å². The van der Waals surface area contributed by atoms with Gasteiger partial charge in [-0.3, -0.25) is 9.59 Å². The molecule has 0 aliphatic heterocycles. The number of nitrogens with two attached hydrogens (primary N) is 1. The normalized spacial score (nSPS) is 15.1. The maximum absolute atomic E-state index is 12.7. The molecule has 2 N–H and O–H groups in total. The number of carbonyl (C=O) groups excluding carboxylic acids is 4. The molecule has 0 aliphatic rings. The van der Waals surface area contributed by atoms with Crippen LogP contribution in [0.25, 0.3) is 0 Å². The first-order valence-corrected chi connectivity index (χ1v) is 13.6. The summed E-state index contributed by atoms with van der Waals surface area (Å²) in [5.74, 6) is -1.28. The van der Waals surface area contributed by atoms with Crippen molar-refractivity contribution in [2.24, 2.45) is 11.1 Å². The van der Waals surface area contributed by atoms with Crippen LogP contribution in [0.1, 0.15) is 87.1 Å². The van der Waals surface area contributed by atoms with Crippen LogP contribution in [0.15, 0.2) is 18.2 Å². The van der Waals surface area contributed by atoms with Gasteiger partial charge in [0, 0.05) is 0 Å². The monoisotopic (exact) mass is 567 g/mol. The van der Waals surface area contributed by atoms with Gasteiger partial charge in [0.2, 0.25) is 0 Å². The first-order valence-electron chi connectivity index (χ1n) is 13.6. The summed E-state index contributed by atoms with van der Waals surface area (Å²) in [4.78, 5) is 49.2. The summed E-state index contributed by atoms with van der Waals surface area (Å²) in [7, 11) is 0. The van der Waals surface area contributed by atoms with E-state index in [1.807, 2.05) is 34.6 Å². The van der Waals surface area contributed by atoms with Gasteiger partial charge in [-0.1, -0.05) is 40.7 Å². The van der Waals surface area contributed by atoms with E-state index in [0.717, 1.165) is 0 Å². The second-order valence-corrected chi connectivity index (χ2v) is 11.0. The van der Waals surface area contributed by atoms with E-state index in [1.54, 1.807) is 33.8 Å². The fourth-order valence-electron chi connectivity index (χ4n) is 3.05. The lowest BCUT2D eigenvalue weighted by Crippen LogP contribution is -2.39. The maximum atomic E-state index is 12.7. The standard InChI is InChI=1S/C29H45NO10/c1-10-17(3)35-27(33)39-23-13-12-21(15-24(23)40-28(34)36-18(4)11-2)14-22(30)26(32)38-20(6)19(5)37-25(31)16-29(7,8)9/h12-13,15,17-20,22H,10-11,14,16,30H2,1-9H3/t17?,18?,19-,20-,22-/m0/s1. The number of rotatable bonds is 13. The van der Waals surface area contributed by atoms with Gasteiger partial charge in [0.1, 0.15) is 30.5 Å². The Morgan fingerprint density at radius 2 is 1.27 bits per heavy atom. The fraction of sp³-hybridized carbons (Fsp3) is 0.655. The lowest BCUT2D eigenvalue weighted by Gasteiger charge is -2.24. The lowest BCUT2D eigenvalue weighted by molar-refractivity contribution is -0.167. The van der Waals surface area contributed by atoms with Gasteiger partial charge in [0.05, 0.1) is 6.42 Å². The molecule has 2 unspecified atom stereocenters. The van der Waals surface area contributed by atoms with Crippen molar-refractivity contribution in [1.82, 2.24) is 0 Å². The van der Waals surface area contributed by atoms with Crippen molar-refractivity contribution >= 4 is 24.2 Å². The van der Waals surface area contributed by atoms with Gasteiger partial charge in [-0.2, -0.15) is 0 Å². The topological polar surface area (TPSA) is 150 Å². The number of carbonyl (C=O) groups is 4. The third kappa shape index (κ3) is 13.1. The Bertz CT molecular complexity index is 1000. The van der Waals surface area contributed by atoms with Crippen LogP contribution in [-0.2, 0) is 35.0 Å². The van der Waals surface area contributed by atoms with Crippen LogP contribution in [0, 0.1) is 5.41 Å². The van der Waals surface area contributed by atoms with Gasteiger partial charge in [-0.05, 0) is 70.1 Å². The summed E-state index contributed by atoms with van der Waals surface area (Å²) in [6, 6.07) is 3.29. The Balaban J connectivity index is 2.95. The minimum Gasteiger partial charge on any atom is -0.459 e. The summed E-state index contributed by atoms with van der Waals surface area (Å²) in [5.41, 5.74) is 6.35. The molecule has 226 valence electrons. The molecule has 0 bridgehead atoms. The average molecular weight is 568 g/mol. The van der Waals surface area contributed by atoms with Crippen molar-refractivity contribution in [3.63, 3.8) is 0 Å². The molecule has 0 fully saturated rings. The molecule has 5 atom stereocenters. The minimum atomic E-state index is -1.08. The number of hydrogen-bond donors (Lipinski definition) is 1. The Hall–Kier alpha value is -3.34. The molecule has 0 saturated heterocycles. The third-order valence-corrected chi connectivity index (χ3v) is 5.85. The van der Waals surface area contributed by atoms with Crippen LogP contribution in [0.4, 0.5) is 9.59 Å². The van der Waals surface area contributed by atoms with Crippen molar-refractivity contribution in [2.75, 3.05) is 0 Å². The minimum absolute atomic E-state index is 0.0120. The second kappa shape index (κ2) is 16.1. The number of benzene rings is 1. The first-order chi connectivity index (χ1) is 18.5. The maximum Gasteiger partial charge on any atom is 0.514 e. The van der Waals surface area contributed by atoms with E-state index in [4.69, 9.17) is 34.2 Å². The molecule has 1 aromatic carbocycles. The van der Waals surface area contributed by atoms with E-state index in [1.165, 1.54) is 12.1 Å². The zero-order valence-corrected chi connectivity index (χ0v) is 25.1. The third-order valence-electron chi connectivity index (χ3n) is 5.85. The average Bonchev–Trinajstić information content (AvgIpc) is 2.83. The highest BCUT2D eigenvalue weighted by molar-refractivity contribution is 5.76. The van der Waals surface area contributed by atoms with E-state index < -0.39 is 42.6 Å². The Kier molecular flexibility index (Phi) is 13.9. The van der Waals surface area contributed by atoms with Crippen LogP contribution < -0.4 is 15.2 Å². The Morgan fingerprint density at radius 1 is 0.775 bits per heavy atom. The summed E-state index contributed by atoms with van der Waals surface area (Å²) >= 11 is 0. The van der Waals surface area contributed by atoms with E-state index in [2.05, 4.69) is 0 Å². The molecule has 0 spiro atoms. The number of esters is 2. The van der Waals surface area contributed by atoms with Gasteiger partial charge < -0.3 is 34.2 Å². The molecule has 0 aliphatic carbocycles. The van der Waals surface area contributed by atoms with Gasteiger partial charge in [0.25, 0.3) is 0 Å². The van der Waals surface area contributed by atoms with Crippen molar-refractivity contribution in [2.45, 2.75) is 118 Å². The number of hydrogen-bond acceptors (Lipinski definition) is 11. The molecular formula is C29H45NO10.